The minimum atomic E-state index is -0.302. The highest BCUT2D eigenvalue weighted by molar-refractivity contribution is 6.01. The second-order valence-corrected chi connectivity index (χ2v) is 9.94. The average Bonchev–Trinajstić information content (AvgIpc) is 3.26. The van der Waals surface area contributed by atoms with Gasteiger partial charge in [-0.1, -0.05) is 25.5 Å². The zero-order chi connectivity index (χ0) is 20.4. The number of fused-ring (bicyclic) bond motifs is 5. The van der Waals surface area contributed by atoms with Gasteiger partial charge in [-0.05, 0) is 75.4 Å². The smallest absolute Gasteiger partial charge is 0.419 e. The molecule has 1 aromatic rings. The van der Waals surface area contributed by atoms with E-state index in [2.05, 4.69) is 24.9 Å². The third-order valence-corrected chi connectivity index (χ3v) is 8.74. The van der Waals surface area contributed by atoms with E-state index in [0.29, 0.717) is 23.6 Å². The van der Waals surface area contributed by atoms with Crippen LogP contribution in [0.25, 0.3) is 0 Å². The topological polar surface area (TPSA) is 61.2 Å². The quantitative estimate of drug-likeness (QED) is 0.683. The first-order valence-corrected chi connectivity index (χ1v) is 11.0. The molecule has 0 spiro atoms. The van der Waals surface area contributed by atoms with Crippen molar-refractivity contribution in [2.75, 3.05) is 0 Å². The number of ketones is 1. The van der Waals surface area contributed by atoms with Gasteiger partial charge in [0.1, 0.15) is 11.9 Å². The van der Waals surface area contributed by atoms with Crippen molar-refractivity contribution in [1.82, 2.24) is 9.55 Å². The maximum atomic E-state index is 12.7. The molecule has 3 saturated carbocycles. The third-order valence-electron chi connectivity index (χ3n) is 8.74. The number of rotatable bonds is 1. The summed E-state index contributed by atoms with van der Waals surface area (Å²) >= 11 is 0. The maximum absolute atomic E-state index is 12.7. The number of allylic oxidation sites excluding steroid dienone is 4. The van der Waals surface area contributed by atoms with E-state index in [9.17, 15) is 9.59 Å². The molecule has 5 nitrogen and oxygen atoms in total. The monoisotopic (exact) mass is 394 g/mol. The molecule has 0 N–H and O–H groups in total. The summed E-state index contributed by atoms with van der Waals surface area (Å²) in [6, 6.07) is 0. The Bertz CT molecular complexity index is 928. The molecule has 0 radical (unpaired) electrons. The van der Waals surface area contributed by atoms with Gasteiger partial charge in [-0.2, -0.15) is 0 Å². The molecule has 29 heavy (non-hydrogen) atoms. The second-order valence-electron chi connectivity index (χ2n) is 9.94. The van der Waals surface area contributed by atoms with Gasteiger partial charge in [0.05, 0.1) is 0 Å². The summed E-state index contributed by atoms with van der Waals surface area (Å²) in [6.45, 7) is 6.49. The highest BCUT2D eigenvalue weighted by Crippen LogP contribution is 2.64. The minimum Gasteiger partial charge on any atom is -0.445 e. The SMILES string of the molecule is Cc1nccn1C(=O)O[C@H]1CCC2C3CCC4=CC(=O)C=C[C@]4(C)C3CC[C@@]21C. The van der Waals surface area contributed by atoms with E-state index in [1.165, 1.54) is 10.1 Å². The van der Waals surface area contributed by atoms with E-state index in [-0.39, 0.29) is 28.8 Å². The van der Waals surface area contributed by atoms with Gasteiger partial charge in [0.25, 0.3) is 0 Å². The number of hydrogen-bond acceptors (Lipinski definition) is 4. The first kappa shape index (κ1) is 18.8. The Hall–Kier alpha value is -2.17. The Kier molecular flexibility index (Phi) is 4.17. The lowest BCUT2D eigenvalue weighted by Crippen LogP contribution is -2.51. The van der Waals surface area contributed by atoms with Crippen molar-refractivity contribution >= 4 is 11.9 Å². The van der Waals surface area contributed by atoms with Crippen LogP contribution in [-0.4, -0.2) is 27.5 Å². The van der Waals surface area contributed by atoms with Crippen LogP contribution < -0.4 is 0 Å². The van der Waals surface area contributed by atoms with Crippen LogP contribution >= 0.6 is 0 Å². The fourth-order valence-corrected chi connectivity index (χ4v) is 7.09. The van der Waals surface area contributed by atoms with Crippen molar-refractivity contribution in [3.63, 3.8) is 0 Å². The third kappa shape index (κ3) is 2.69. The summed E-state index contributed by atoms with van der Waals surface area (Å²) in [5.41, 5.74) is 1.38. The molecular weight excluding hydrogens is 364 g/mol. The van der Waals surface area contributed by atoms with Gasteiger partial charge in [-0.15, -0.1) is 0 Å². The van der Waals surface area contributed by atoms with E-state index in [1.807, 2.05) is 13.0 Å². The molecule has 1 heterocycles. The summed E-state index contributed by atoms with van der Waals surface area (Å²) in [4.78, 5) is 28.7. The van der Waals surface area contributed by atoms with E-state index in [4.69, 9.17) is 4.74 Å². The number of imidazole rings is 1. The Balaban J connectivity index is 1.38. The van der Waals surface area contributed by atoms with Crippen LogP contribution in [0.2, 0.25) is 0 Å². The lowest BCUT2D eigenvalue weighted by molar-refractivity contribution is -0.111. The largest absolute Gasteiger partial charge is 0.445 e. The number of aromatic nitrogens is 2. The van der Waals surface area contributed by atoms with E-state index in [1.54, 1.807) is 18.5 Å². The number of aryl methyl sites for hydroxylation is 1. The first-order chi connectivity index (χ1) is 13.8. The average molecular weight is 395 g/mol. The van der Waals surface area contributed by atoms with Crippen molar-refractivity contribution in [1.29, 1.82) is 0 Å². The van der Waals surface area contributed by atoms with Crippen molar-refractivity contribution in [3.8, 4) is 0 Å². The molecule has 1 aromatic heterocycles. The zero-order valence-electron chi connectivity index (χ0n) is 17.6. The standard InChI is InChI=1S/C24H30N2O3/c1-15-25-12-13-26(15)22(28)29-21-7-6-19-18-5-4-16-14-17(27)8-10-23(16,2)20(18)9-11-24(19,21)3/h8,10,12-14,18-21H,4-7,9,11H2,1-3H3/t18?,19?,20?,21-,23-,24-/m0/s1. The van der Waals surface area contributed by atoms with Crippen molar-refractivity contribution in [2.24, 2.45) is 28.6 Å². The van der Waals surface area contributed by atoms with Crippen molar-refractivity contribution in [2.45, 2.75) is 65.4 Å². The van der Waals surface area contributed by atoms with Crippen LogP contribution in [0.5, 0.6) is 0 Å². The Morgan fingerprint density at radius 3 is 2.79 bits per heavy atom. The van der Waals surface area contributed by atoms with Crippen LogP contribution in [0.15, 0.2) is 36.2 Å². The Morgan fingerprint density at radius 1 is 1.21 bits per heavy atom. The normalized spacial score (nSPS) is 40.7. The molecular formula is C24H30N2O3. The lowest BCUT2D eigenvalue weighted by atomic mass is 9.48. The van der Waals surface area contributed by atoms with Crippen molar-refractivity contribution in [3.05, 3.63) is 42.0 Å². The number of carbonyl (C=O) groups excluding carboxylic acids is 2. The molecule has 4 aliphatic rings. The van der Waals surface area contributed by atoms with Gasteiger partial charge in [0.15, 0.2) is 5.78 Å². The van der Waals surface area contributed by atoms with Gasteiger partial charge in [-0.3, -0.25) is 4.79 Å². The van der Waals surface area contributed by atoms with Crippen LogP contribution in [0.4, 0.5) is 4.79 Å². The molecule has 0 aliphatic heterocycles. The summed E-state index contributed by atoms with van der Waals surface area (Å²) in [7, 11) is 0. The molecule has 154 valence electrons. The van der Waals surface area contributed by atoms with Gasteiger partial charge < -0.3 is 4.74 Å². The van der Waals surface area contributed by atoms with E-state index < -0.39 is 0 Å². The van der Waals surface area contributed by atoms with Crippen LogP contribution in [0.3, 0.4) is 0 Å². The Labute approximate surface area is 172 Å². The minimum absolute atomic E-state index is 0.0147. The Morgan fingerprint density at radius 2 is 2.03 bits per heavy atom. The van der Waals surface area contributed by atoms with Crippen LogP contribution in [0, 0.1) is 35.5 Å². The molecule has 3 unspecified atom stereocenters. The highest BCUT2D eigenvalue weighted by atomic mass is 16.6. The number of hydrogen-bond donors (Lipinski definition) is 0. The summed E-state index contributed by atoms with van der Waals surface area (Å²) in [5, 5.41) is 0. The molecule has 4 aliphatic carbocycles. The predicted molar refractivity (Wildman–Crippen MR) is 109 cm³/mol. The van der Waals surface area contributed by atoms with Gasteiger partial charge in [0.2, 0.25) is 0 Å². The number of ether oxygens (including phenoxy) is 1. The maximum Gasteiger partial charge on any atom is 0.419 e. The van der Waals surface area contributed by atoms with E-state index >= 15 is 0 Å². The van der Waals surface area contributed by atoms with Gasteiger partial charge in [0, 0.05) is 23.2 Å². The molecule has 6 atom stereocenters. The molecule has 3 fully saturated rings. The number of carbonyl (C=O) groups is 2. The number of nitrogens with zero attached hydrogens (tertiary/aromatic N) is 2. The molecule has 0 aromatic carbocycles. The summed E-state index contributed by atoms with van der Waals surface area (Å²) < 4.78 is 7.55. The fraction of sp³-hybridized carbons (Fsp3) is 0.625. The second kappa shape index (κ2) is 6.41. The van der Waals surface area contributed by atoms with E-state index in [0.717, 1.165) is 38.5 Å². The molecule has 0 bridgehead atoms. The first-order valence-electron chi connectivity index (χ1n) is 11.0. The molecule has 0 amide bonds. The molecule has 5 rings (SSSR count). The predicted octanol–water partition coefficient (Wildman–Crippen LogP) is 4.85. The summed E-state index contributed by atoms with van der Waals surface area (Å²) in [5.74, 6) is 2.59. The van der Waals surface area contributed by atoms with Crippen LogP contribution in [0.1, 0.15) is 58.2 Å². The zero-order valence-corrected chi connectivity index (χ0v) is 17.6. The lowest BCUT2D eigenvalue weighted by Gasteiger charge is -2.56. The molecule has 5 heteroatoms. The van der Waals surface area contributed by atoms with Gasteiger partial charge >= 0.3 is 6.09 Å². The van der Waals surface area contributed by atoms with Gasteiger partial charge in [-0.25, -0.2) is 14.3 Å². The van der Waals surface area contributed by atoms with Crippen LogP contribution in [-0.2, 0) is 9.53 Å². The highest BCUT2D eigenvalue weighted by Gasteiger charge is 2.59. The molecule has 0 saturated heterocycles. The fourth-order valence-electron chi connectivity index (χ4n) is 7.09. The van der Waals surface area contributed by atoms with Crippen molar-refractivity contribution < 1.29 is 14.3 Å². The summed E-state index contributed by atoms with van der Waals surface area (Å²) in [6.07, 6.45) is 15.2.